The molecule has 2 atom stereocenters. The minimum atomic E-state index is 0. The first-order chi connectivity index (χ1) is 7.66. The minimum Gasteiger partial charge on any atom is -0.363 e. The third-order valence-corrected chi connectivity index (χ3v) is 4.10. The zero-order chi connectivity index (χ0) is 11.3. The van der Waals surface area contributed by atoms with Crippen molar-refractivity contribution in [3.63, 3.8) is 0 Å². The Morgan fingerprint density at radius 3 is 2.82 bits per heavy atom. The topological polar surface area (TPSA) is 15.3 Å². The highest BCUT2D eigenvalue weighted by atomic mass is 35.5. The van der Waals surface area contributed by atoms with E-state index in [9.17, 15) is 0 Å². The molecule has 1 N–H and O–H groups in total. The van der Waals surface area contributed by atoms with Gasteiger partial charge in [-0.2, -0.15) is 0 Å². The van der Waals surface area contributed by atoms with Gasteiger partial charge in [0.1, 0.15) is 0 Å². The lowest BCUT2D eigenvalue weighted by atomic mass is 10.1. The molecule has 0 unspecified atom stereocenters. The summed E-state index contributed by atoms with van der Waals surface area (Å²) in [6, 6.07) is 4.94. The van der Waals surface area contributed by atoms with Crippen molar-refractivity contribution < 1.29 is 0 Å². The molecule has 0 spiro atoms. The van der Waals surface area contributed by atoms with Crippen LogP contribution in [0.15, 0.2) is 12.1 Å². The Morgan fingerprint density at radius 2 is 2.06 bits per heavy atom. The predicted octanol–water partition coefficient (Wildman–Crippen LogP) is 3.14. The van der Waals surface area contributed by atoms with E-state index in [-0.39, 0.29) is 12.4 Å². The SMILES string of the molecule is C[C@@H]1CNC[C@H]2Cc3c(Cl)cc(Cl)cc3N21.Cl. The summed E-state index contributed by atoms with van der Waals surface area (Å²) >= 11 is 12.3. The average Bonchev–Trinajstić information content (AvgIpc) is 2.58. The monoisotopic (exact) mass is 292 g/mol. The smallest absolute Gasteiger partial charge is 0.0474 e. The van der Waals surface area contributed by atoms with E-state index in [2.05, 4.69) is 17.1 Å². The fraction of sp³-hybridized carbons (Fsp3) is 0.500. The summed E-state index contributed by atoms with van der Waals surface area (Å²) in [7, 11) is 0. The maximum atomic E-state index is 6.26. The molecule has 0 aliphatic carbocycles. The summed E-state index contributed by atoms with van der Waals surface area (Å²) in [4.78, 5) is 2.46. The second kappa shape index (κ2) is 4.85. The van der Waals surface area contributed by atoms with Gasteiger partial charge in [-0.25, -0.2) is 0 Å². The van der Waals surface area contributed by atoms with Gasteiger partial charge in [-0.15, -0.1) is 12.4 Å². The van der Waals surface area contributed by atoms with Crippen molar-refractivity contribution in [1.82, 2.24) is 5.32 Å². The fourth-order valence-corrected chi connectivity index (χ4v) is 3.44. The van der Waals surface area contributed by atoms with Gasteiger partial charge in [0.15, 0.2) is 0 Å². The number of nitrogens with zero attached hydrogens (tertiary/aromatic N) is 1. The summed E-state index contributed by atoms with van der Waals surface area (Å²) in [6.45, 7) is 4.30. The van der Waals surface area contributed by atoms with E-state index in [1.54, 1.807) is 0 Å². The maximum absolute atomic E-state index is 6.26. The summed E-state index contributed by atoms with van der Waals surface area (Å²) in [5.74, 6) is 0. The number of halogens is 3. The Balaban J connectivity index is 0.00000108. The molecule has 17 heavy (non-hydrogen) atoms. The van der Waals surface area contributed by atoms with E-state index in [1.165, 1.54) is 11.3 Å². The van der Waals surface area contributed by atoms with Gasteiger partial charge < -0.3 is 10.2 Å². The molecule has 0 amide bonds. The van der Waals surface area contributed by atoms with Crippen LogP contribution in [-0.2, 0) is 6.42 Å². The van der Waals surface area contributed by atoms with Crippen molar-refractivity contribution in [3.8, 4) is 0 Å². The van der Waals surface area contributed by atoms with Gasteiger partial charge in [-0.1, -0.05) is 23.2 Å². The van der Waals surface area contributed by atoms with Crippen LogP contribution in [-0.4, -0.2) is 25.2 Å². The Hall–Kier alpha value is -0.150. The van der Waals surface area contributed by atoms with Gasteiger partial charge >= 0.3 is 0 Å². The average molecular weight is 294 g/mol. The third-order valence-electron chi connectivity index (χ3n) is 3.54. The van der Waals surface area contributed by atoms with E-state index in [0.717, 1.165) is 29.6 Å². The van der Waals surface area contributed by atoms with Gasteiger partial charge in [0.05, 0.1) is 0 Å². The van der Waals surface area contributed by atoms with Gasteiger partial charge in [-0.05, 0) is 31.0 Å². The molecule has 0 aromatic heterocycles. The van der Waals surface area contributed by atoms with E-state index in [0.29, 0.717) is 12.1 Å². The van der Waals surface area contributed by atoms with Crippen molar-refractivity contribution >= 4 is 41.3 Å². The molecular weight excluding hydrogens is 279 g/mol. The Morgan fingerprint density at radius 1 is 1.29 bits per heavy atom. The summed E-state index contributed by atoms with van der Waals surface area (Å²) in [5.41, 5.74) is 2.49. The summed E-state index contributed by atoms with van der Waals surface area (Å²) in [5, 5.41) is 5.00. The second-order valence-electron chi connectivity index (χ2n) is 4.66. The highest BCUT2D eigenvalue weighted by molar-refractivity contribution is 6.35. The number of nitrogens with one attached hydrogen (secondary N) is 1. The van der Waals surface area contributed by atoms with Crippen LogP contribution in [0.4, 0.5) is 5.69 Å². The van der Waals surface area contributed by atoms with Crippen molar-refractivity contribution in [2.75, 3.05) is 18.0 Å². The standard InChI is InChI=1S/C12H14Cl2N2.ClH/c1-7-5-15-6-9-4-10-11(14)2-8(13)3-12(10)16(7)9;/h2-3,7,9,15H,4-6H2,1H3;1H/t7-,9-;/m1./s1. The molecule has 0 bridgehead atoms. The Kier molecular flexibility index (Phi) is 3.79. The van der Waals surface area contributed by atoms with Crippen LogP contribution in [0.25, 0.3) is 0 Å². The summed E-state index contributed by atoms with van der Waals surface area (Å²) < 4.78 is 0. The zero-order valence-corrected chi connectivity index (χ0v) is 11.9. The van der Waals surface area contributed by atoms with E-state index >= 15 is 0 Å². The normalized spacial score (nSPS) is 26.2. The number of rotatable bonds is 0. The molecule has 2 nitrogen and oxygen atoms in total. The molecule has 5 heteroatoms. The molecule has 2 heterocycles. The number of hydrogen-bond acceptors (Lipinski definition) is 2. The van der Waals surface area contributed by atoms with Crippen LogP contribution in [0, 0.1) is 0 Å². The largest absolute Gasteiger partial charge is 0.363 e. The Labute approximate surface area is 118 Å². The number of anilines is 1. The lowest BCUT2D eigenvalue weighted by Crippen LogP contribution is -2.54. The van der Waals surface area contributed by atoms with Gasteiger partial charge in [0, 0.05) is 40.9 Å². The van der Waals surface area contributed by atoms with Gasteiger partial charge in [-0.3, -0.25) is 0 Å². The fourth-order valence-electron chi connectivity index (χ4n) is 2.88. The molecule has 2 aliphatic heterocycles. The number of benzene rings is 1. The molecular formula is C12H15Cl3N2. The van der Waals surface area contributed by atoms with Crippen molar-refractivity contribution in [2.24, 2.45) is 0 Å². The third kappa shape index (κ3) is 2.12. The number of fused-ring (bicyclic) bond motifs is 3. The first-order valence-electron chi connectivity index (χ1n) is 5.64. The van der Waals surface area contributed by atoms with Crippen LogP contribution in [0.1, 0.15) is 12.5 Å². The lowest BCUT2D eigenvalue weighted by molar-refractivity contribution is 0.430. The molecule has 1 saturated heterocycles. The van der Waals surface area contributed by atoms with Crippen molar-refractivity contribution in [3.05, 3.63) is 27.7 Å². The van der Waals surface area contributed by atoms with Crippen LogP contribution in [0.2, 0.25) is 10.0 Å². The minimum absolute atomic E-state index is 0. The molecule has 1 aromatic rings. The van der Waals surface area contributed by atoms with Crippen molar-refractivity contribution in [2.45, 2.75) is 25.4 Å². The van der Waals surface area contributed by atoms with Gasteiger partial charge in [0.2, 0.25) is 0 Å². The van der Waals surface area contributed by atoms with Crippen LogP contribution >= 0.6 is 35.6 Å². The first-order valence-corrected chi connectivity index (χ1v) is 6.39. The zero-order valence-electron chi connectivity index (χ0n) is 9.54. The van der Waals surface area contributed by atoms with Crippen LogP contribution < -0.4 is 10.2 Å². The molecule has 94 valence electrons. The molecule has 2 aliphatic rings. The molecule has 1 fully saturated rings. The predicted molar refractivity (Wildman–Crippen MR) is 76.0 cm³/mol. The molecule has 0 radical (unpaired) electrons. The molecule has 0 saturated carbocycles. The van der Waals surface area contributed by atoms with E-state index in [1.807, 2.05) is 12.1 Å². The Bertz CT molecular complexity index is 436. The van der Waals surface area contributed by atoms with Crippen LogP contribution in [0.3, 0.4) is 0 Å². The molecule has 3 rings (SSSR count). The van der Waals surface area contributed by atoms with E-state index in [4.69, 9.17) is 23.2 Å². The summed E-state index contributed by atoms with van der Waals surface area (Å²) in [6.07, 6.45) is 1.03. The second-order valence-corrected chi connectivity index (χ2v) is 5.50. The van der Waals surface area contributed by atoms with Gasteiger partial charge in [0.25, 0.3) is 0 Å². The highest BCUT2D eigenvalue weighted by Crippen LogP contribution is 2.40. The lowest BCUT2D eigenvalue weighted by Gasteiger charge is -2.38. The maximum Gasteiger partial charge on any atom is 0.0474 e. The van der Waals surface area contributed by atoms with Crippen molar-refractivity contribution in [1.29, 1.82) is 0 Å². The molecule has 1 aromatic carbocycles. The van der Waals surface area contributed by atoms with Crippen LogP contribution in [0.5, 0.6) is 0 Å². The quantitative estimate of drug-likeness (QED) is 0.790. The van der Waals surface area contributed by atoms with E-state index < -0.39 is 0 Å². The highest BCUT2D eigenvalue weighted by Gasteiger charge is 2.36. The first kappa shape index (κ1) is 13.3. The number of hydrogen-bond donors (Lipinski definition) is 1. The number of piperazine rings is 1.